The molecule has 1 unspecified atom stereocenters. The lowest BCUT2D eigenvalue weighted by Gasteiger charge is -2.18. The van der Waals surface area contributed by atoms with Crippen LogP contribution in [0.5, 0.6) is 5.75 Å². The normalized spacial score (nSPS) is 11.8. The monoisotopic (exact) mass is 271 g/mol. The molecule has 2 aromatic carbocycles. The summed E-state index contributed by atoms with van der Waals surface area (Å²) in [5, 5.41) is 13.3. The van der Waals surface area contributed by atoms with Crippen molar-refractivity contribution in [3.63, 3.8) is 0 Å². The van der Waals surface area contributed by atoms with Crippen LogP contribution in [0, 0.1) is 12.3 Å². The zero-order valence-electron chi connectivity index (χ0n) is 10.3. The zero-order chi connectivity index (χ0) is 13.7. The first-order valence-corrected chi connectivity index (χ1v) is 6.30. The third-order valence-electron chi connectivity index (χ3n) is 2.84. The molecule has 0 saturated carbocycles. The summed E-state index contributed by atoms with van der Waals surface area (Å²) in [4.78, 5) is 0. The van der Waals surface area contributed by atoms with Crippen molar-refractivity contribution in [3.05, 3.63) is 64.7 Å². The minimum atomic E-state index is -0.0195. The lowest BCUT2D eigenvalue weighted by Crippen LogP contribution is -2.22. The van der Waals surface area contributed by atoms with Gasteiger partial charge in [0.05, 0.1) is 12.6 Å². The topological polar surface area (TPSA) is 32.3 Å². The molecule has 96 valence electrons. The Morgan fingerprint density at radius 1 is 1.05 bits per heavy atom. The smallest absolute Gasteiger partial charge is 0.115 e. The Morgan fingerprint density at radius 2 is 1.58 bits per heavy atom. The van der Waals surface area contributed by atoms with E-state index in [2.05, 4.69) is 11.2 Å². The van der Waals surface area contributed by atoms with Crippen molar-refractivity contribution in [1.29, 1.82) is 0 Å². The van der Waals surface area contributed by atoms with E-state index in [-0.39, 0.29) is 11.8 Å². The highest BCUT2D eigenvalue weighted by atomic mass is 35.5. The van der Waals surface area contributed by atoms with Crippen molar-refractivity contribution in [3.8, 4) is 18.1 Å². The third-order valence-corrected chi connectivity index (χ3v) is 3.09. The maximum atomic E-state index is 9.35. The summed E-state index contributed by atoms with van der Waals surface area (Å²) < 4.78 is 0. The minimum absolute atomic E-state index is 0.0195. The summed E-state index contributed by atoms with van der Waals surface area (Å²) in [6, 6.07) is 14.7. The lowest BCUT2D eigenvalue weighted by molar-refractivity contribution is 0.474. The van der Waals surface area contributed by atoms with Crippen molar-refractivity contribution >= 4 is 11.6 Å². The molecule has 0 spiro atoms. The van der Waals surface area contributed by atoms with Crippen LogP contribution in [-0.2, 0) is 0 Å². The predicted molar refractivity (Wildman–Crippen MR) is 78.2 cm³/mol. The molecule has 1 atom stereocenters. The van der Waals surface area contributed by atoms with Crippen molar-refractivity contribution < 1.29 is 5.11 Å². The van der Waals surface area contributed by atoms with Crippen LogP contribution < -0.4 is 5.32 Å². The Balaban J connectivity index is 2.32. The molecule has 0 aliphatic carbocycles. The second kappa shape index (κ2) is 6.29. The Bertz CT molecular complexity index is 524. The van der Waals surface area contributed by atoms with Crippen LogP contribution in [-0.4, -0.2) is 11.7 Å². The van der Waals surface area contributed by atoms with E-state index in [9.17, 15) is 5.11 Å². The maximum absolute atomic E-state index is 9.35. The van der Waals surface area contributed by atoms with Crippen LogP contribution in [0.2, 0.25) is 5.02 Å². The molecule has 0 radical (unpaired) electrons. The molecular formula is C16H14ClNO. The minimum Gasteiger partial charge on any atom is -0.508 e. The van der Waals surface area contributed by atoms with E-state index < -0.39 is 0 Å². The van der Waals surface area contributed by atoms with Crippen LogP contribution in [0.25, 0.3) is 0 Å². The number of nitrogens with one attached hydrogen (secondary N) is 1. The van der Waals surface area contributed by atoms with E-state index in [0.29, 0.717) is 11.6 Å². The number of hydrogen-bond acceptors (Lipinski definition) is 2. The van der Waals surface area contributed by atoms with Crippen molar-refractivity contribution in [2.75, 3.05) is 6.54 Å². The number of aromatic hydroxyl groups is 1. The van der Waals surface area contributed by atoms with Gasteiger partial charge in [-0.15, -0.1) is 6.42 Å². The van der Waals surface area contributed by atoms with Gasteiger partial charge in [0, 0.05) is 5.02 Å². The molecular weight excluding hydrogens is 258 g/mol. The number of phenolic OH excluding ortho intramolecular Hbond substituents is 1. The van der Waals surface area contributed by atoms with E-state index in [1.54, 1.807) is 12.1 Å². The molecule has 2 rings (SSSR count). The van der Waals surface area contributed by atoms with Crippen LogP contribution >= 0.6 is 11.6 Å². The average Bonchev–Trinajstić information content (AvgIpc) is 2.43. The molecule has 19 heavy (non-hydrogen) atoms. The summed E-state index contributed by atoms with van der Waals surface area (Å²) >= 11 is 5.90. The van der Waals surface area contributed by atoms with E-state index in [1.165, 1.54) is 0 Å². The first kappa shape index (κ1) is 13.5. The van der Waals surface area contributed by atoms with E-state index in [0.717, 1.165) is 11.1 Å². The summed E-state index contributed by atoms with van der Waals surface area (Å²) in [7, 11) is 0. The highest BCUT2D eigenvalue weighted by Gasteiger charge is 2.12. The SMILES string of the molecule is C#CCNC(c1ccc(O)cc1)c1ccc(Cl)cc1. The van der Waals surface area contributed by atoms with Crippen LogP contribution in [0.3, 0.4) is 0 Å². The largest absolute Gasteiger partial charge is 0.508 e. The van der Waals surface area contributed by atoms with Gasteiger partial charge in [0.1, 0.15) is 5.75 Å². The molecule has 0 bridgehead atoms. The van der Waals surface area contributed by atoms with Crippen molar-refractivity contribution in [2.24, 2.45) is 0 Å². The molecule has 0 amide bonds. The highest BCUT2D eigenvalue weighted by molar-refractivity contribution is 6.30. The van der Waals surface area contributed by atoms with Gasteiger partial charge >= 0.3 is 0 Å². The van der Waals surface area contributed by atoms with Crippen LogP contribution in [0.1, 0.15) is 17.2 Å². The standard InChI is InChI=1S/C16H14ClNO/c1-2-11-18-16(12-3-7-14(17)8-4-12)13-5-9-15(19)10-6-13/h1,3-10,16,18-19H,11H2. The second-order valence-corrected chi connectivity index (χ2v) is 4.60. The maximum Gasteiger partial charge on any atom is 0.115 e. The fourth-order valence-corrected chi connectivity index (χ4v) is 2.04. The number of rotatable bonds is 4. The molecule has 3 heteroatoms. The molecule has 0 fully saturated rings. The van der Waals surface area contributed by atoms with E-state index in [1.807, 2.05) is 36.4 Å². The fraction of sp³-hybridized carbons (Fsp3) is 0.125. The van der Waals surface area contributed by atoms with Gasteiger partial charge in [-0.2, -0.15) is 0 Å². The quantitative estimate of drug-likeness (QED) is 0.836. The Morgan fingerprint density at radius 3 is 2.11 bits per heavy atom. The first-order valence-electron chi connectivity index (χ1n) is 5.92. The Labute approximate surface area is 118 Å². The van der Waals surface area contributed by atoms with Gasteiger partial charge in [-0.1, -0.05) is 41.8 Å². The number of terminal acetylenes is 1. The molecule has 2 nitrogen and oxygen atoms in total. The summed E-state index contributed by atoms with van der Waals surface area (Å²) in [6.45, 7) is 0.466. The van der Waals surface area contributed by atoms with Crippen LogP contribution in [0.4, 0.5) is 0 Å². The number of hydrogen-bond donors (Lipinski definition) is 2. The van der Waals surface area contributed by atoms with Gasteiger partial charge in [-0.25, -0.2) is 0 Å². The van der Waals surface area contributed by atoms with Crippen molar-refractivity contribution in [2.45, 2.75) is 6.04 Å². The van der Waals surface area contributed by atoms with Gasteiger partial charge in [0.25, 0.3) is 0 Å². The number of benzene rings is 2. The fourth-order valence-electron chi connectivity index (χ4n) is 1.91. The molecule has 2 N–H and O–H groups in total. The molecule has 0 saturated heterocycles. The lowest BCUT2D eigenvalue weighted by atomic mass is 9.98. The zero-order valence-corrected chi connectivity index (χ0v) is 11.1. The van der Waals surface area contributed by atoms with Gasteiger partial charge in [-0.3, -0.25) is 5.32 Å². The molecule has 0 aliphatic heterocycles. The van der Waals surface area contributed by atoms with Gasteiger partial charge < -0.3 is 5.11 Å². The molecule has 0 heterocycles. The Hall–Kier alpha value is -1.95. The third kappa shape index (κ3) is 3.51. The summed E-state index contributed by atoms with van der Waals surface area (Å²) in [6.07, 6.45) is 5.31. The van der Waals surface area contributed by atoms with E-state index >= 15 is 0 Å². The summed E-state index contributed by atoms with van der Waals surface area (Å²) in [5.41, 5.74) is 2.11. The molecule has 0 aliphatic rings. The van der Waals surface area contributed by atoms with Gasteiger partial charge in [-0.05, 0) is 35.4 Å². The van der Waals surface area contributed by atoms with Gasteiger partial charge in [0.2, 0.25) is 0 Å². The predicted octanol–water partition coefficient (Wildman–Crippen LogP) is 3.36. The van der Waals surface area contributed by atoms with Crippen molar-refractivity contribution in [1.82, 2.24) is 5.32 Å². The van der Waals surface area contributed by atoms with Gasteiger partial charge in [0.15, 0.2) is 0 Å². The average molecular weight is 272 g/mol. The highest BCUT2D eigenvalue weighted by Crippen LogP contribution is 2.24. The van der Waals surface area contributed by atoms with Crippen LogP contribution in [0.15, 0.2) is 48.5 Å². The summed E-state index contributed by atoms with van der Waals surface area (Å²) in [5.74, 6) is 2.82. The molecule has 0 aromatic heterocycles. The Kier molecular flexibility index (Phi) is 4.46. The number of halogens is 1. The first-order chi connectivity index (χ1) is 9.20. The second-order valence-electron chi connectivity index (χ2n) is 4.16. The van der Waals surface area contributed by atoms with E-state index in [4.69, 9.17) is 18.0 Å². The number of phenols is 1. The molecule has 2 aromatic rings.